The summed E-state index contributed by atoms with van der Waals surface area (Å²) in [6, 6.07) is 5.40. The molecule has 32 heavy (non-hydrogen) atoms. The second kappa shape index (κ2) is 11.6. The highest BCUT2D eigenvalue weighted by molar-refractivity contribution is 5.94. The molecule has 0 heterocycles. The summed E-state index contributed by atoms with van der Waals surface area (Å²) in [6.45, 7) is 0.270. The number of carbonyl (C=O) groups excluding carboxylic acids is 2. The second-order valence-corrected chi connectivity index (χ2v) is 6.68. The summed E-state index contributed by atoms with van der Waals surface area (Å²) in [4.78, 5) is 34.6. The van der Waals surface area contributed by atoms with Gasteiger partial charge in [-0.2, -0.15) is 0 Å². The van der Waals surface area contributed by atoms with Gasteiger partial charge in [0.25, 0.3) is 11.6 Å². The van der Waals surface area contributed by atoms with E-state index in [-0.39, 0.29) is 55.3 Å². The van der Waals surface area contributed by atoms with Crippen molar-refractivity contribution in [1.29, 1.82) is 0 Å². The van der Waals surface area contributed by atoms with Crippen LogP contribution in [0, 0.1) is 21.7 Å². The summed E-state index contributed by atoms with van der Waals surface area (Å²) in [7, 11) is 2.79. The fourth-order valence-corrected chi connectivity index (χ4v) is 2.93. The number of nitro groups is 1. The number of hydrogen-bond donors (Lipinski definition) is 2. The third-order valence-electron chi connectivity index (χ3n) is 4.54. The molecule has 172 valence electrons. The van der Waals surface area contributed by atoms with Gasteiger partial charge in [0, 0.05) is 31.1 Å². The summed E-state index contributed by atoms with van der Waals surface area (Å²) in [6.07, 6.45) is 0.570. The van der Waals surface area contributed by atoms with Crippen molar-refractivity contribution in [2.45, 2.75) is 19.3 Å². The van der Waals surface area contributed by atoms with Crippen molar-refractivity contribution >= 4 is 17.5 Å². The van der Waals surface area contributed by atoms with Crippen LogP contribution in [0.5, 0.6) is 11.5 Å². The molecule has 2 aromatic carbocycles. The first-order valence-electron chi connectivity index (χ1n) is 9.66. The molecular weight excluding hydrogens is 428 g/mol. The molecular formula is C21H23F2N3O6. The zero-order valence-corrected chi connectivity index (χ0v) is 17.6. The molecule has 0 spiro atoms. The van der Waals surface area contributed by atoms with Gasteiger partial charge in [-0.05, 0) is 31.0 Å². The number of amides is 2. The highest BCUT2D eigenvalue weighted by Gasteiger charge is 2.19. The maximum Gasteiger partial charge on any atom is 0.276 e. The van der Waals surface area contributed by atoms with E-state index in [1.807, 2.05) is 0 Å². The van der Waals surface area contributed by atoms with Crippen LogP contribution in [0.2, 0.25) is 0 Å². The minimum Gasteiger partial charge on any atom is -0.493 e. The maximum atomic E-state index is 13.6. The molecule has 0 unspecified atom stereocenters. The Kier molecular flexibility index (Phi) is 8.87. The lowest BCUT2D eigenvalue weighted by Crippen LogP contribution is -2.29. The van der Waals surface area contributed by atoms with Crippen molar-refractivity contribution in [3.8, 4) is 11.5 Å². The molecule has 0 saturated carbocycles. The average molecular weight is 451 g/mol. The van der Waals surface area contributed by atoms with Crippen LogP contribution < -0.4 is 20.1 Å². The fraction of sp³-hybridized carbons (Fsp3) is 0.333. The number of benzene rings is 2. The average Bonchev–Trinajstić information content (AvgIpc) is 2.75. The maximum absolute atomic E-state index is 13.6. The molecule has 0 atom stereocenters. The molecule has 9 nitrogen and oxygen atoms in total. The number of hydrogen-bond acceptors (Lipinski definition) is 6. The van der Waals surface area contributed by atoms with Gasteiger partial charge >= 0.3 is 0 Å². The van der Waals surface area contributed by atoms with E-state index < -0.39 is 22.5 Å². The molecule has 2 amide bonds. The van der Waals surface area contributed by atoms with Gasteiger partial charge < -0.3 is 20.1 Å². The van der Waals surface area contributed by atoms with Crippen molar-refractivity contribution in [3.63, 3.8) is 0 Å². The lowest BCUT2D eigenvalue weighted by atomic mass is 10.1. The largest absolute Gasteiger partial charge is 0.493 e. The van der Waals surface area contributed by atoms with Crippen LogP contribution in [0.3, 0.4) is 0 Å². The predicted molar refractivity (Wildman–Crippen MR) is 111 cm³/mol. The molecule has 0 aliphatic rings. The molecule has 0 bridgehead atoms. The second-order valence-electron chi connectivity index (χ2n) is 6.68. The normalized spacial score (nSPS) is 10.4. The van der Waals surface area contributed by atoms with Gasteiger partial charge in [0.1, 0.15) is 11.6 Å². The Morgan fingerprint density at radius 2 is 1.72 bits per heavy atom. The van der Waals surface area contributed by atoms with Crippen LogP contribution in [0.1, 0.15) is 28.8 Å². The minimum absolute atomic E-state index is 0.0835. The minimum atomic E-state index is -0.968. The summed E-state index contributed by atoms with van der Waals surface area (Å²) >= 11 is 0. The number of rotatable bonds is 11. The molecule has 0 aliphatic heterocycles. The van der Waals surface area contributed by atoms with Crippen LogP contribution in [0.25, 0.3) is 0 Å². The Labute approximate surface area is 182 Å². The topological polar surface area (TPSA) is 120 Å². The van der Waals surface area contributed by atoms with Gasteiger partial charge in [-0.3, -0.25) is 19.7 Å². The van der Waals surface area contributed by atoms with E-state index in [0.29, 0.717) is 17.4 Å². The van der Waals surface area contributed by atoms with Gasteiger partial charge in [0.05, 0.1) is 30.8 Å². The van der Waals surface area contributed by atoms with E-state index in [1.165, 1.54) is 26.4 Å². The first-order chi connectivity index (χ1) is 15.3. The number of ether oxygens (including phenoxy) is 2. The molecule has 2 aromatic rings. The summed E-state index contributed by atoms with van der Waals surface area (Å²) in [5.41, 5.74) is -0.0541. The molecule has 2 N–H and O–H groups in total. The Balaban J connectivity index is 1.79. The van der Waals surface area contributed by atoms with Crippen LogP contribution in [-0.2, 0) is 11.2 Å². The number of halogens is 2. The van der Waals surface area contributed by atoms with Gasteiger partial charge in [0.2, 0.25) is 5.91 Å². The molecule has 2 rings (SSSR count). The first kappa shape index (κ1) is 24.5. The fourth-order valence-electron chi connectivity index (χ4n) is 2.93. The highest BCUT2D eigenvalue weighted by atomic mass is 19.1. The quantitative estimate of drug-likeness (QED) is 0.308. The van der Waals surface area contributed by atoms with Gasteiger partial charge in [-0.1, -0.05) is 0 Å². The molecule has 11 heteroatoms. The van der Waals surface area contributed by atoms with E-state index in [4.69, 9.17) is 9.47 Å². The smallest absolute Gasteiger partial charge is 0.276 e. The van der Waals surface area contributed by atoms with Crippen molar-refractivity contribution in [2.24, 2.45) is 0 Å². The molecule has 0 saturated heterocycles. The third-order valence-corrected chi connectivity index (χ3v) is 4.54. The third kappa shape index (κ3) is 6.62. The Bertz CT molecular complexity index is 1000. The van der Waals surface area contributed by atoms with E-state index >= 15 is 0 Å². The Morgan fingerprint density at radius 1 is 1.03 bits per heavy atom. The highest BCUT2D eigenvalue weighted by Crippen LogP contribution is 2.34. The summed E-state index contributed by atoms with van der Waals surface area (Å²) in [5.74, 6) is -2.19. The van der Waals surface area contributed by atoms with Crippen LogP contribution in [-0.4, -0.2) is 44.0 Å². The monoisotopic (exact) mass is 451 g/mol. The van der Waals surface area contributed by atoms with Gasteiger partial charge in [-0.25, -0.2) is 8.78 Å². The SMILES string of the molecule is COc1cc(CCNC(=O)CCCNC(=O)c2ccc(F)cc2F)c([N+](=O)[O-])cc1OC. The van der Waals surface area contributed by atoms with Crippen LogP contribution in [0.15, 0.2) is 30.3 Å². The van der Waals surface area contributed by atoms with E-state index in [9.17, 15) is 28.5 Å². The summed E-state index contributed by atoms with van der Waals surface area (Å²) in [5, 5.41) is 16.4. The first-order valence-corrected chi connectivity index (χ1v) is 9.66. The predicted octanol–water partition coefficient (Wildman–Crippen LogP) is 2.76. The van der Waals surface area contributed by atoms with Gasteiger partial charge in [-0.15, -0.1) is 0 Å². The van der Waals surface area contributed by atoms with Crippen molar-refractivity contribution in [1.82, 2.24) is 10.6 Å². The number of methoxy groups -OCH3 is 2. The summed E-state index contributed by atoms with van der Waals surface area (Å²) < 4.78 is 36.7. The molecule has 0 aromatic heterocycles. The van der Waals surface area contributed by atoms with E-state index in [0.717, 1.165) is 12.1 Å². The molecule has 0 fully saturated rings. The molecule has 0 radical (unpaired) electrons. The van der Waals surface area contributed by atoms with Crippen molar-refractivity contribution < 1.29 is 32.8 Å². The number of nitrogens with one attached hydrogen (secondary N) is 2. The van der Waals surface area contributed by atoms with E-state index in [1.54, 1.807) is 0 Å². The standard InChI is InChI=1S/C21H23F2N3O6/c1-31-18-10-13(17(26(29)30)12-19(18)32-2)7-9-24-20(27)4-3-8-25-21(28)15-6-5-14(22)11-16(15)23/h5-6,10-12H,3-4,7-9H2,1-2H3,(H,24,27)(H,25,28). The van der Waals surface area contributed by atoms with Crippen LogP contribution >= 0.6 is 0 Å². The number of carbonyl (C=O) groups is 2. The zero-order chi connectivity index (χ0) is 23.7. The number of nitro benzene ring substituents is 1. The van der Waals surface area contributed by atoms with Crippen molar-refractivity contribution in [2.75, 3.05) is 27.3 Å². The zero-order valence-electron chi connectivity index (χ0n) is 17.6. The van der Waals surface area contributed by atoms with Gasteiger partial charge in [0.15, 0.2) is 11.5 Å². The van der Waals surface area contributed by atoms with Crippen molar-refractivity contribution in [3.05, 3.63) is 63.2 Å². The lowest BCUT2D eigenvalue weighted by Gasteiger charge is -2.11. The van der Waals surface area contributed by atoms with E-state index in [2.05, 4.69) is 10.6 Å². The number of nitrogens with zero attached hydrogens (tertiary/aromatic N) is 1. The lowest BCUT2D eigenvalue weighted by molar-refractivity contribution is -0.385. The Morgan fingerprint density at radius 3 is 2.34 bits per heavy atom. The van der Waals surface area contributed by atoms with Crippen LogP contribution in [0.4, 0.5) is 14.5 Å². The molecule has 0 aliphatic carbocycles. The Hall–Kier alpha value is -3.76.